The second-order valence-electron chi connectivity index (χ2n) is 11.0. The van der Waals surface area contributed by atoms with Crippen molar-refractivity contribution in [3.8, 4) is 0 Å². The zero-order chi connectivity index (χ0) is 28.0. The number of carbonyl (C=O) groups excluding carboxylic acids is 1. The Balaban J connectivity index is 1.39. The molecule has 0 bridgehead atoms. The molecule has 3 aliphatic heterocycles. The maximum atomic E-state index is 14.0. The van der Waals surface area contributed by atoms with Gasteiger partial charge in [-0.2, -0.15) is 9.61 Å². The Morgan fingerprint density at radius 3 is 2.62 bits per heavy atom. The van der Waals surface area contributed by atoms with E-state index in [4.69, 9.17) is 21.7 Å². The summed E-state index contributed by atoms with van der Waals surface area (Å²) in [4.78, 5) is 25.4. The summed E-state index contributed by atoms with van der Waals surface area (Å²) in [6, 6.07) is 8.86. The summed E-state index contributed by atoms with van der Waals surface area (Å²) in [5.41, 5.74) is 1.99. The molecular weight excluding hydrogens is 552 g/mol. The summed E-state index contributed by atoms with van der Waals surface area (Å²) < 4.78 is 28.4. The lowest BCUT2D eigenvalue weighted by Gasteiger charge is -2.36. The van der Waals surface area contributed by atoms with Gasteiger partial charge in [-0.15, -0.1) is 0 Å². The number of sulfonamides is 1. The number of anilines is 3. The number of piperazine rings is 1. The van der Waals surface area contributed by atoms with E-state index in [0.717, 1.165) is 87.6 Å². The molecule has 2 N–H and O–H groups in total. The molecule has 2 unspecified atom stereocenters. The number of nitrogens with one attached hydrogen (secondary N) is 2. The predicted molar refractivity (Wildman–Crippen MR) is 157 cm³/mol. The van der Waals surface area contributed by atoms with Crippen LogP contribution in [0.1, 0.15) is 54.7 Å². The van der Waals surface area contributed by atoms with Gasteiger partial charge in [0.1, 0.15) is 11.6 Å². The summed E-state index contributed by atoms with van der Waals surface area (Å²) in [5, 5.41) is 8.92. The van der Waals surface area contributed by atoms with Gasteiger partial charge in [-0.3, -0.25) is 9.52 Å². The van der Waals surface area contributed by atoms with Crippen molar-refractivity contribution in [1.82, 2.24) is 24.8 Å². The van der Waals surface area contributed by atoms with E-state index in [1.807, 2.05) is 10.6 Å². The van der Waals surface area contributed by atoms with E-state index in [-0.39, 0.29) is 23.2 Å². The van der Waals surface area contributed by atoms with Crippen molar-refractivity contribution in [1.29, 1.82) is 0 Å². The molecule has 3 saturated heterocycles. The van der Waals surface area contributed by atoms with Gasteiger partial charge in [0.2, 0.25) is 10.0 Å². The van der Waals surface area contributed by atoms with E-state index in [2.05, 4.69) is 32.8 Å². The first kappa shape index (κ1) is 27.1. The van der Waals surface area contributed by atoms with E-state index in [1.54, 1.807) is 11.0 Å². The SMILES string of the molecule is CC1CN(c2cc(N3CCC3)nc3cc(C4CCCCN4C(=O)c4cc(Cl)ccc4NS(C)(=O)=O)nn23)CCN1. The van der Waals surface area contributed by atoms with Crippen molar-refractivity contribution in [2.75, 3.05) is 60.0 Å². The molecule has 13 heteroatoms. The molecule has 1 aromatic carbocycles. The van der Waals surface area contributed by atoms with E-state index >= 15 is 0 Å². The molecule has 0 radical (unpaired) electrons. The van der Waals surface area contributed by atoms with Gasteiger partial charge in [0.15, 0.2) is 5.65 Å². The molecule has 0 aliphatic carbocycles. The molecule has 3 aliphatic rings. The maximum absolute atomic E-state index is 14.0. The van der Waals surface area contributed by atoms with Crippen molar-refractivity contribution in [3.63, 3.8) is 0 Å². The summed E-state index contributed by atoms with van der Waals surface area (Å²) in [6.07, 6.45) is 4.79. The number of nitrogens with zero attached hydrogens (tertiary/aromatic N) is 6. The van der Waals surface area contributed by atoms with Gasteiger partial charge >= 0.3 is 0 Å². The Labute approximate surface area is 239 Å². The number of aromatic nitrogens is 3. The molecule has 0 saturated carbocycles. The third-order valence-electron chi connectivity index (χ3n) is 7.90. The van der Waals surface area contributed by atoms with E-state index in [0.29, 0.717) is 17.6 Å². The Kier molecular flexibility index (Phi) is 7.26. The Morgan fingerprint density at radius 1 is 1.07 bits per heavy atom. The summed E-state index contributed by atoms with van der Waals surface area (Å²) in [6.45, 7) is 7.35. The molecule has 3 aromatic rings. The lowest BCUT2D eigenvalue weighted by molar-refractivity contribution is 0.0607. The van der Waals surface area contributed by atoms with Gasteiger partial charge in [0.05, 0.1) is 29.2 Å². The lowest BCUT2D eigenvalue weighted by atomic mass is 9.98. The quantitative estimate of drug-likeness (QED) is 0.453. The fourth-order valence-corrected chi connectivity index (χ4v) is 6.57. The normalized spacial score (nSPS) is 21.9. The molecule has 214 valence electrons. The molecule has 5 heterocycles. The number of halogens is 1. The van der Waals surface area contributed by atoms with Gasteiger partial charge in [0, 0.05) is 62.5 Å². The van der Waals surface area contributed by atoms with E-state index < -0.39 is 10.0 Å². The highest BCUT2D eigenvalue weighted by Crippen LogP contribution is 2.35. The van der Waals surface area contributed by atoms with Crippen molar-refractivity contribution in [3.05, 3.63) is 46.6 Å². The number of piperidine rings is 1. The monoisotopic (exact) mass is 586 g/mol. The number of fused-ring (bicyclic) bond motifs is 1. The fraction of sp³-hybridized carbons (Fsp3) is 0.519. The fourth-order valence-electron chi connectivity index (χ4n) is 5.82. The average molecular weight is 587 g/mol. The Morgan fingerprint density at radius 2 is 1.90 bits per heavy atom. The summed E-state index contributed by atoms with van der Waals surface area (Å²) >= 11 is 6.25. The number of rotatable bonds is 6. The zero-order valence-electron chi connectivity index (χ0n) is 22.8. The maximum Gasteiger partial charge on any atom is 0.256 e. The van der Waals surface area contributed by atoms with Crippen LogP contribution in [0.4, 0.5) is 17.3 Å². The van der Waals surface area contributed by atoms with Crippen molar-refractivity contribution >= 4 is 50.5 Å². The number of carbonyl (C=O) groups is 1. The Bertz CT molecular complexity index is 1540. The minimum Gasteiger partial charge on any atom is -0.356 e. The predicted octanol–water partition coefficient (Wildman–Crippen LogP) is 3.13. The second-order valence-corrected chi connectivity index (χ2v) is 13.2. The number of likely N-dealkylation sites (tertiary alicyclic amines) is 1. The highest BCUT2D eigenvalue weighted by molar-refractivity contribution is 7.92. The summed E-state index contributed by atoms with van der Waals surface area (Å²) in [5.74, 6) is 1.69. The first-order chi connectivity index (χ1) is 19.2. The molecule has 2 atom stereocenters. The standard InChI is InChI=1S/C27H35ClN8O3S/c1-18-17-34(13-9-29-18)26-16-24(33-10-5-11-33)30-25-15-22(31-36(25)26)23-6-3-4-12-35(23)27(37)20-14-19(28)7-8-21(20)32-40(2,38)39/h7-8,14-16,18,23,29,32H,3-6,9-13,17H2,1-2H3. The van der Waals surface area contributed by atoms with E-state index in [9.17, 15) is 13.2 Å². The van der Waals surface area contributed by atoms with Crippen molar-refractivity contribution < 1.29 is 13.2 Å². The number of hydrogen-bond acceptors (Lipinski definition) is 8. The van der Waals surface area contributed by atoms with Gasteiger partial charge < -0.3 is 20.0 Å². The molecule has 1 amide bonds. The van der Waals surface area contributed by atoms with Crippen LogP contribution in [-0.4, -0.2) is 85.4 Å². The second kappa shape index (κ2) is 10.7. The third kappa shape index (κ3) is 5.44. The largest absolute Gasteiger partial charge is 0.356 e. The molecule has 0 spiro atoms. The molecule has 40 heavy (non-hydrogen) atoms. The third-order valence-corrected chi connectivity index (χ3v) is 8.72. The molecule has 2 aromatic heterocycles. The van der Waals surface area contributed by atoms with Crippen LogP contribution in [0.2, 0.25) is 5.02 Å². The minimum atomic E-state index is -3.59. The highest BCUT2D eigenvalue weighted by atomic mass is 35.5. The molecule has 11 nitrogen and oxygen atoms in total. The van der Waals surface area contributed by atoms with Crippen LogP contribution in [0.25, 0.3) is 5.65 Å². The minimum absolute atomic E-state index is 0.215. The van der Waals surface area contributed by atoms with Gasteiger partial charge in [0.25, 0.3) is 5.91 Å². The van der Waals surface area contributed by atoms with Gasteiger partial charge in [-0.25, -0.2) is 13.4 Å². The summed E-state index contributed by atoms with van der Waals surface area (Å²) in [7, 11) is -3.59. The van der Waals surface area contributed by atoms with Crippen LogP contribution in [0.3, 0.4) is 0 Å². The van der Waals surface area contributed by atoms with Crippen LogP contribution in [-0.2, 0) is 10.0 Å². The topological polar surface area (TPSA) is 115 Å². The molecule has 6 rings (SSSR count). The number of amides is 1. The average Bonchev–Trinajstić information content (AvgIpc) is 3.31. The van der Waals surface area contributed by atoms with Gasteiger partial charge in [-0.1, -0.05) is 11.6 Å². The first-order valence-corrected chi connectivity index (χ1v) is 16.2. The van der Waals surface area contributed by atoms with Crippen LogP contribution >= 0.6 is 11.6 Å². The highest BCUT2D eigenvalue weighted by Gasteiger charge is 2.33. The molecular formula is C27H35ClN8O3S. The van der Waals surface area contributed by atoms with Crippen molar-refractivity contribution in [2.45, 2.75) is 44.7 Å². The van der Waals surface area contributed by atoms with Crippen molar-refractivity contribution in [2.24, 2.45) is 0 Å². The Hall–Kier alpha value is -3.09. The first-order valence-electron chi connectivity index (χ1n) is 13.9. The molecule has 3 fully saturated rings. The van der Waals surface area contributed by atoms with E-state index in [1.165, 1.54) is 12.1 Å². The number of hydrogen-bond donors (Lipinski definition) is 2. The number of benzene rings is 1. The van der Waals surface area contributed by atoms with Gasteiger partial charge in [-0.05, 0) is 50.8 Å². The smallest absolute Gasteiger partial charge is 0.256 e. The van der Waals surface area contributed by atoms with Crippen LogP contribution in [0.5, 0.6) is 0 Å². The van der Waals surface area contributed by atoms with Crippen LogP contribution < -0.4 is 19.8 Å². The zero-order valence-corrected chi connectivity index (χ0v) is 24.4. The van der Waals surface area contributed by atoms with Crippen LogP contribution in [0, 0.1) is 0 Å². The van der Waals surface area contributed by atoms with Crippen LogP contribution in [0.15, 0.2) is 30.3 Å². The lowest BCUT2D eigenvalue weighted by Crippen LogP contribution is -2.50.